The van der Waals surface area contributed by atoms with Crippen molar-refractivity contribution in [2.75, 3.05) is 18.4 Å². The zero-order chi connectivity index (χ0) is 19.0. The van der Waals surface area contributed by atoms with Gasteiger partial charge in [-0.15, -0.1) is 0 Å². The van der Waals surface area contributed by atoms with Crippen LogP contribution < -0.4 is 16.0 Å². The SMILES string of the molecule is Cc1cnc(NC(=O)NC2CCNCC2)cc1-c1cnn2c1CC(C)(C)C2. The molecule has 1 saturated heterocycles. The van der Waals surface area contributed by atoms with E-state index in [9.17, 15) is 4.79 Å². The molecule has 0 aliphatic carbocycles. The highest BCUT2D eigenvalue weighted by molar-refractivity contribution is 5.89. The summed E-state index contributed by atoms with van der Waals surface area (Å²) >= 11 is 0. The van der Waals surface area contributed by atoms with Crippen LogP contribution in [-0.2, 0) is 13.0 Å². The van der Waals surface area contributed by atoms with E-state index in [2.05, 4.69) is 44.6 Å². The molecular weight excluding hydrogens is 340 g/mol. The van der Waals surface area contributed by atoms with Crippen LogP contribution in [0.3, 0.4) is 0 Å². The highest BCUT2D eigenvalue weighted by Crippen LogP contribution is 2.38. The van der Waals surface area contributed by atoms with Gasteiger partial charge in [0.1, 0.15) is 5.82 Å². The minimum absolute atomic E-state index is 0.189. The van der Waals surface area contributed by atoms with Gasteiger partial charge in [0.05, 0.1) is 6.20 Å². The van der Waals surface area contributed by atoms with Crippen molar-refractivity contribution in [2.45, 2.75) is 52.6 Å². The van der Waals surface area contributed by atoms with Gasteiger partial charge in [0.2, 0.25) is 0 Å². The summed E-state index contributed by atoms with van der Waals surface area (Å²) in [5, 5.41) is 13.8. The minimum atomic E-state index is -0.189. The number of aryl methyl sites for hydroxylation is 1. The average molecular weight is 368 g/mol. The number of carbonyl (C=O) groups is 1. The molecule has 2 aliphatic rings. The first kappa shape index (κ1) is 18.0. The number of fused-ring (bicyclic) bond motifs is 1. The molecule has 0 unspecified atom stereocenters. The lowest BCUT2D eigenvalue weighted by Gasteiger charge is -2.23. The van der Waals surface area contributed by atoms with Gasteiger partial charge in [0.15, 0.2) is 0 Å². The molecule has 7 heteroatoms. The lowest BCUT2D eigenvalue weighted by atomic mass is 9.89. The Kier molecular flexibility index (Phi) is 4.63. The second-order valence-corrected chi connectivity index (χ2v) is 8.51. The third-order valence-electron chi connectivity index (χ3n) is 5.48. The van der Waals surface area contributed by atoms with Gasteiger partial charge in [-0.25, -0.2) is 9.78 Å². The number of rotatable bonds is 3. The number of urea groups is 1. The maximum absolute atomic E-state index is 12.3. The summed E-state index contributed by atoms with van der Waals surface area (Å²) in [6.07, 6.45) is 6.67. The molecule has 2 aliphatic heterocycles. The molecule has 1 fully saturated rings. The fourth-order valence-corrected chi connectivity index (χ4v) is 4.06. The molecule has 4 heterocycles. The second-order valence-electron chi connectivity index (χ2n) is 8.51. The number of pyridine rings is 1. The average Bonchev–Trinajstić information content (AvgIpc) is 3.12. The molecule has 7 nitrogen and oxygen atoms in total. The van der Waals surface area contributed by atoms with E-state index in [1.807, 2.05) is 25.4 Å². The van der Waals surface area contributed by atoms with E-state index in [0.717, 1.165) is 55.6 Å². The largest absolute Gasteiger partial charge is 0.335 e. The van der Waals surface area contributed by atoms with Gasteiger partial charge in [-0.2, -0.15) is 5.10 Å². The van der Waals surface area contributed by atoms with E-state index >= 15 is 0 Å². The fourth-order valence-electron chi connectivity index (χ4n) is 4.06. The molecule has 2 aromatic rings. The quantitative estimate of drug-likeness (QED) is 0.778. The van der Waals surface area contributed by atoms with Crippen molar-refractivity contribution in [3.8, 4) is 11.1 Å². The van der Waals surface area contributed by atoms with Crippen LogP contribution in [0.2, 0.25) is 0 Å². The van der Waals surface area contributed by atoms with Crippen LogP contribution in [0.15, 0.2) is 18.5 Å². The smallest absolute Gasteiger partial charge is 0.320 e. The normalized spacial score (nSPS) is 18.9. The van der Waals surface area contributed by atoms with Crippen LogP contribution in [-0.4, -0.2) is 39.9 Å². The van der Waals surface area contributed by atoms with Crippen LogP contribution in [0.25, 0.3) is 11.1 Å². The van der Waals surface area contributed by atoms with Crippen molar-refractivity contribution >= 4 is 11.8 Å². The van der Waals surface area contributed by atoms with E-state index in [0.29, 0.717) is 5.82 Å². The van der Waals surface area contributed by atoms with Crippen LogP contribution in [0.1, 0.15) is 37.9 Å². The number of amides is 2. The number of hydrogen-bond donors (Lipinski definition) is 3. The van der Waals surface area contributed by atoms with Crippen LogP contribution in [0.4, 0.5) is 10.6 Å². The highest BCUT2D eigenvalue weighted by Gasteiger charge is 2.32. The number of anilines is 1. The summed E-state index contributed by atoms with van der Waals surface area (Å²) in [6, 6.07) is 1.99. The maximum atomic E-state index is 12.3. The minimum Gasteiger partial charge on any atom is -0.335 e. The van der Waals surface area contributed by atoms with Crippen molar-refractivity contribution in [1.82, 2.24) is 25.4 Å². The Balaban J connectivity index is 1.52. The van der Waals surface area contributed by atoms with Crippen LogP contribution in [0.5, 0.6) is 0 Å². The first-order valence-corrected chi connectivity index (χ1v) is 9.71. The fraction of sp³-hybridized carbons (Fsp3) is 0.550. The van der Waals surface area contributed by atoms with Gasteiger partial charge in [-0.3, -0.25) is 10.00 Å². The van der Waals surface area contributed by atoms with Crippen LogP contribution >= 0.6 is 0 Å². The van der Waals surface area contributed by atoms with E-state index in [4.69, 9.17) is 0 Å². The molecule has 4 rings (SSSR count). The Morgan fingerprint density at radius 3 is 2.81 bits per heavy atom. The molecule has 27 heavy (non-hydrogen) atoms. The molecule has 0 saturated carbocycles. The maximum Gasteiger partial charge on any atom is 0.320 e. The number of hydrogen-bond acceptors (Lipinski definition) is 4. The molecule has 0 spiro atoms. The first-order chi connectivity index (χ1) is 12.9. The Bertz CT molecular complexity index is 850. The predicted molar refractivity (Wildman–Crippen MR) is 106 cm³/mol. The molecule has 3 N–H and O–H groups in total. The number of aromatic nitrogens is 3. The molecule has 2 aromatic heterocycles. The molecule has 0 radical (unpaired) electrons. The molecule has 0 aromatic carbocycles. The van der Waals surface area contributed by atoms with Crippen LogP contribution in [0, 0.1) is 12.3 Å². The Hall–Kier alpha value is -2.41. The zero-order valence-electron chi connectivity index (χ0n) is 16.3. The summed E-state index contributed by atoms with van der Waals surface area (Å²) in [6.45, 7) is 9.41. The monoisotopic (exact) mass is 368 g/mol. The van der Waals surface area contributed by atoms with Gasteiger partial charge < -0.3 is 10.6 Å². The summed E-state index contributed by atoms with van der Waals surface area (Å²) < 4.78 is 2.10. The van der Waals surface area contributed by atoms with E-state index in [-0.39, 0.29) is 17.5 Å². The Morgan fingerprint density at radius 1 is 1.26 bits per heavy atom. The zero-order valence-corrected chi connectivity index (χ0v) is 16.3. The standard InChI is InChI=1S/C20H28N6O/c1-13-10-22-18(25-19(27)24-14-4-6-21-7-5-14)8-15(13)16-11-23-26-12-20(2,3)9-17(16)26/h8,10-11,14,21H,4-7,9,12H2,1-3H3,(H2,22,24,25,27). The number of nitrogens with one attached hydrogen (secondary N) is 3. The highest BCUT2D eigenvalue weighted by atomic mass is 16.2. The van der Waals surface area contributed by atoms with Gasteiger partial charge in [0.25, 0.3) is 0 Å². The molecule has 2 amide bonds. The Labute approximate surface area is 159 Å². The number of carbonyl (C=O) groups excluding carboxylic acids is 1. The third kappa shape index (κ3) is 3.83. The second kappa shape index (κ2) is 6.96. The lowest BCUT2D eigenvalue weighted by molar-refractivity contribution is 0.245. The van der Waals surface area contributed by atoms with Crippen molar-refractivity contribution in [1.29, 1.82) is 0 Å². The molecule has 0 bridgehead atoms. The first-order valence-electron chi connectivity index (χ1n) is 9.71. The van der Waals surface area contributed by atoms with Crippen molar-refractivity contribution in [3.05, 3.63) is 29.7 Å². The molecular formula is C20H28N6O. The summed E-state index contributed by atoms with van der Waals surface area (Å²) in [7, 11) is 0. The van der Waals surface area contributed by atoms with E-state index in [1.54, 1.807) is 0 Å². The third-order valence-corrected chi connectivity index (χ3v) is 5.48. The summed E-state index contributed by atoms with van der Waals surface area (Å²) in [4.78, 5) is 16.7. The molecule has 144 valence electrons. The van der Waals surface area contributed by atoms with E-state index in [1.165, 1.54) is 5.69 Å². The summed E-state index contributed by atoms with van der Waals surface area (Å²) in [5.74, 6) is 0.569. The molecule has 0 atom stereocenters. The predicted octanol–water partition coefficient (Wildman–Crippen LogP) is 2.71. The number of piperidine rings is 1. The van der Waals surface area contributed by atoms with Crippen molar-refractivity contribution in [2.24, 2.45) is 5.41 Å². The van der Waals surface area contributed by atoms with E-state index < -0.39 is 0 Å². The van der Waals surface area contributed by atoms with Gasteiger partial charge in [-0.1, -0.05) is 13.8 Å². The van der Waals surface area contributed by atoms with Crippen molar-refractivity contribution < 1.29 is 4.79 Å². The van der Waals surface area contributed by atoms with Gasteiger partial charge in [0, 0.05) is 30.0 Å². The summed E-state index contributed by atoms with van der Waals surface area (Å²) in [5.41, 5.74) is 4.80. The van der Waals surface area contributed by atoms with Gasteiger partial charge >= 0.3 is 6.03 Å². The number of nitrogens with zero attached hydrogens (tertiary/aromatic N) is 3. The van der Waals surface area contributed by atoms with Gasteiger partial charge in [-0.05, 0) is 61.9 Å². The lowest BCUT2D eigenvalue weighted by Crippen LogP contribution is -2.44. The topological polar surface area (TPSA) is 83.9 Å². The Morgan fingerprint density at radius 2 is 2.04 bits per heavy atom. The van der Waals surface area contributed by atoms with Crippen molar-refractivity contribution in [3.63, 3.8) is 0 Å².